The highest BCUT2D eigenvalue weighted by Crippen LogP contribution is 2.20. The standard InChI is InChI=1S/C18H30N4O/c1-3-23-18-8-4-7-17(19-18)22-14-12-21(13-15-22)11-9-16-6-5-10-20(16)2/h4,7-8,16H,3,5-6,9-15H2,1-2H3. The van der Waals surface area contributed by atoms with E-state index in [-0.39, 0.29) is 0 Å². The smallest absolute Gasteiger partial charge is 0.215 e. The van der Waals surface area contributed by atoms with Gasteiger partial charge in [-0.05, 0) is 52.4 Å². The summed E-state index contributed by atoms with van der Waals surface area (Å²) in [6, 6.07) is 6.86. The molecule has 5 heteroatoms. The Bertz CT molecular complexity index is 488. The number of ether oxygens (including phenoxy) is 1. The number of hydrogen-bond acceptors (Lipinski definition) is 5. The van der Waals surface area contributed by atoms with E-state index in [2.05, 4.69) is 32.8 Å². The van der Waals surface area contributed by atoms with Crippen LogP contribution < -0.4 is 9.64 Å². The summed E-state index contributed by atoms with van der Waals surface area (Å²) in [5.74, 6) is 1.78. The van der Waals surface area contributed by atoms with E-state index in [1.54, 1.807) is 0 Å². The molecule has 1 atom stereocenters. The Morgan fingerprint density at radius 1 is 1.17 bits per heavy atom. The van der Waals surface area contributed by atoms with Crippen LogP contribution in [0.25, 0.3) is 0 Å². The summed E-state index contributed by atoms with van der Waals surface area (Å²) in [5.41, 5.74) is 0. The second-order valence-electron chi connectivity index (χ2n) is 6.66. The van der Waals surface area contributed by atoms with E-state index in [1.807, 2.05) is 19.1 Å². The van der Waals surface area contributed by atoms with Crippen LogP contribution in [-0.2, 0) is 0 Å². The Hall–Kier alpha value is -1.33. The minimum Gasteiger partial charge on any atom is -0.478 e. The molecule has 0 aliphatic carbocycles. The SMILES string of the molecule is CCOc1cccc(N2CCN(CCC3CCCN3C)CC2)n1. The molecule has 0 spiro atoms. The summed E-state index contributed by atoms with van der Waals surface area (Å²) in [4.78, 5) is 12.1. The number of nitrogens with zero attached hydrogens (tertiary/aromatic N) is 4. The van der Waals surface area contributed by atoms with Crippen LogP contribution >= 0.6 is 0 Å². The lowest BCUT2D eigenvalue weighted by molar-refractivity contribution is 0.214. The Kier molecular flexibility index (Phi) is 5.73. The molecule has 1 aromatic heterocycles. The average Bonchev–Trinajstić information content (AvgIpc) is 2.99. The number of likely N-dealkylation sites (tertiary alicyclic amines) is 1. The van der Waals surface area contributed by atoms with Crippen LogP contribution in [0, 0.1) is 0 Å². The third-order valence-corrected chi connectivity index (χ3v) is 5.15. The quantitative estimate of drug-likeness (QED) is 0.802. The largest absolute Gasteiger partial charge is 0.478 e. The second-order valence-corrected chi connectivity index (χ2v) is 6.66. The van der Waals surface area contributed by atoms with E-state index < -0.39 is 0 Å². The molecule has 2 aliphatic heterocycles. The number of aromatic nitrogens is 1. The maximum Gasteiger partial charge on any atom is 0.215 e. The molecule has 0 bridgehead atoms. The van der Waals surface area contributed by atoms with Crippen molar-refractivity contribution in [2.24, 2.45) is 0 Å². The molecule has 0 radical (unpaired) electrons. The van der Waals surface area contributed by atoms with Crippen molar-refractivity contribution in [3.63, 3.8) is 0 Å². The van der Waals surface area contributed by atoms with E-state index >= 15 is 0 Å². The highest BCUT2D eigenvalue weighted by atomic mass is 16.5. The fraction of sp³-hybridized carbons (Fsp3) is 0.722. The molecule has 0 N–H and O–H groups in total. The minimum atomic E-state index is 0.667. The van der Waals surface area contributed by atoms with Gasteiger partial charge in [-0.15, -0.1) is 0 Å². The van der Waals surface area contributed by atoms with Gasteiger partial charge in [0.25, 0.3) is 0 Å². The summed E-state index contributed by atoms with van der Waals surface area (Å²) in [6.45, 7) is 9.56. The van der Waals surface area contributed by atoms with Gasteiger partial charge in [-0.2, -0.15) is 4.98 Å². The molecule has 3 rings (SSSR count). The zero-order chi connectivity index (χ0) is 16.1. The predicted molar refractivity (Wildman–Crippen MR) is 94.3 cm³/mol. The lowest BCUT2D eigenvalue weighted by atomic mass is 10.1. The molecule has 128 valence electrons. The molecule has 0 saturated carbocycles. The molecule has 1 unspecified atom stereocenters. The maximum atomic E-state index is 5.51. The molecule has 3 heterocycles. The topological polar surface area (TPSA) is 31.8 Å². The molecule has 23 heavy (non-hydrogen) atoms. The lowest BCUT2D eigenvalue weighted by Gasteiger charge is -2.36. The molecule has 0 aromatic carbocycles. The van der Waals surface area contributed by atoms with Crippen LogP contribution in [0.2, 0.25) is 0 Å². The second kappa shape index (κ2) is 7.97. The van der Waals surface area contributed by atoms with Gasteiger partial charge in [0.1, 0.15) is 5.82 Å². The van der Waals surface area contributed by atoms with Gasteiger partial charge in [0.15, 0.2) is 0 Å². The van der Waals surface area contributed by atoms with Crippen molar-refractivity contribution in [1.29, 1.82) is 0 Å². The van der Waals surface area contributed by atoms with E-state index in [0.717, 1.165) is 43.9 Å². The summed E-state index contributed by atoms with van der Waals surface area (Å²) in [6.07, 6.45) is 4.07. The van der Waals surface area contributed by atoms with Gasteiger partial charge in [0, 0.05) is 38.3 Å². The average molecular weight is 318 g/mol. The van der Waals surface area contributed by atoms with Crippen LogP contribution in [-0.4, -0.2) is 73.7 Å². The number of anilines is 1. The minimum absolute atomic E-state index is 0.667. The van der Waals surface area contributed by atoms with Crippen molar-refractivity contribution in [1.82, 2.24) is 14.8 Å². The first kappa shape index (κ1) is 16.5. The van der Waals surface area contributed by atoms with Gasteiger partial charge < -0.3 is 14.5 Å². The first-order valence-corrected chi connectivity index (χ1v) is 9.03. The zero-order valence-corrected chi connectivity index (χ0v) is 14.6. The molecular formula is C18H30N4O. The zero-order valence-electron chi connectivity index (χ0n) is 14.6. The Labute approximate surface area is 140 Å². The highest BCUT2D eigenvalue weighted by molar-refractivity contribution is 5.41. The van der Waals surface area contributed by atoms with Gasteiger partial charge in [0.2, 0.25) is 5.88 Å². The van der Waals surface area contributed by atoms with E-state index in [0.29, 0.717) is 6.61 Å². The van der Waals surface area contributed by atoms with Gasteiger partial charge in [-0.25, -0.2) is 0 Å². The third-order valence-electron chi connectivity index (χ3n) is 5.15. The normalized spacial score (nSPS) is 23.4. The van der Waals surface area contributed by atoms with E-state index in [9.17, 15) is 0 Å². The van der Waals surface area contributed by atoms with E-state index in [4.69, 9.17) is 4.74 Å². The molecule has 0 amide bonds. The number of rotatable bonds is 6. The fourth-order valence-electron chi connectivity index (χ4n) is 3.68. The number of pyridine rings is 1. The fourth-order valence-corrected chi connectivity index (χ4v) is 3.68. The van der Waals surface area contributed by atoms with Gasteiger partial charge in [-0.1, -0.05) is 6.07 Å². The summed E-state index contributed by atoms with van der Waals surface area (Å²) in [5, 5.41) is 0. The van der Waals surface area contributed by atoms with Crippen molar-refractivity contribution in [2.75, 3.05) is 57.8 Å². The van der Waals surface area contributed by atoms with Crippen LogP contribution in [0.15, 0.2) is 18.2 Å². The van der Waals surface area contributed by atoms with Gasteiger partial charge in [-0.3, -0.25) is 4.90 Å². The Morgan fingerprint density at radius 2 is 2.00 bits per heavy atom. The first-order valence-electron chi connectivity index (χ1n) is 9.03. The maximum absolute atomic E-state index is 5.51. The molecule has 5 nitrogen and oxygen atoms in total. The van der Waals surface area contributed by atoms with Crippen molar-refractivity contribution in [2.45, 2.75) is 32.2 Å². The molecule has 1 aromatic rings. The predicted octanol–water partition coefficient (Wildman–Crippen LogP) is 2.09. The molecule has 2 fully saturated rings. The first-order chi connectivity index (χ1) is 11.3. The van der Waals surface area contributed by atoms with Crippen LogP contribution in [0.3, 0.4) is 0 Å². The van der Waals surface area contributed by atoms with Crippen molar-refractivity contribution < 1.29 is 4.74 Å². The monoisotopic (exact) mass is 318 g/mol. The van der Waals surface area contributed by atoms with Gasteiger partial charge in [0.05, 0.1) is 6.61 Å². The van der Waals surface area contributed by atoms with Crippen molar-refractivity contribution >= 4 is 5.82 Å². The number of hydrogen-bond donors (Lipinski definition) is 0. The molecular weight excluding hydrogens is 288 g/mol. The Morgan fingerprint density at radius 3 is 2.70 bits per heavy atom. The summed E-state index contributed by atoms with van der Waals surface area (Å²) < 4.78 is 5.51. The van der Waals surface area contributed by atoms with E-state index in [1.165, 1.54) is 32.4 Å². The van der Waals surface area contributed by atoms with Crippen LogP contribution in [0.5, 0.6) is 5.88 Å². The van der Waals surface area contributed by atoms with Crippen molar-refractivity contribution in [3.05, 3.63) is 18.2 Å². The van der Waals surface area contributed by atoms with Crippen LogP contribution in [0.1, 0.15) is 26.2 Å². The lowest BCUT2D eigenvalue weighted by Crippen LogP contribution is -2.47. The highest BCUT2D eigenvalue weighted by Gasteiger charge is 2.23. The van der Waals surface area contributed by atoms with Gasteiger partial charge >= 0.3 is 0 Å². The van der Waals surface area contributed by atoms with Crippen LogP contribution in [0.4, 0.5) is 5.82 Å². The number of piperazine rings is 1. The molecule has 2 saturated heterocycles. The summed E-state index contributed by atoms with van der Waals surface area (Å²) >= 11 is 0. The van der Waals surface area contributed by atoms with Crippen molar-refractivity contribution in [3.8, 4) is 5.88 Å². The third kappa shape index (κ3) is 4.36. The Balaban J connectivity index is 1.45. The summed E-state index contributed by atoms with van der Waals surface area (Å²) in [7, 11) is 2.27. The molecule has 2 aliphatic rings.